The number of alkyl halides is 3. The van der Waals surface area contributed by atoms with Gasteiger partial charge in [-0.05, 0) is 13.0 Å². The molecule has 1 aromatic rings. The van der Waals surface area contributed by atoms with Crippen molar-refractivity contribution in [2.45, 2.75) is 19.6 Å². The molecule has 1 rings (SSSR count). The van der Waals surface area contributed by atoms with Crippen LogP contribution in [0.3, 0.4) is 0 Å². The van der Waals surface area contributed by atoms with Crippen molar-refractivity contribution in [3.05, 3.63) is 18.0 Å². The van der Waals surface area contributed by atoms with Gasteiger partial charge >= 0.3 is 6.18 Å². The Hall–Kier alpha value is -1.04. The van der Waals surface area contributed by atoms with Crippen LogP contribution in [0, 0.1) is 6.92 Å². The average molecular weight is 207 g/mol. The zero-order valence-corrected chi connectivity index (χ0v) is 7.80. The van der Waals surface area contributed by atoms with Crippen LogP contribution in [0.1, 0.15) is 5.69 Å². The highest BCUT2D eigenvalue weighted by molar-refractivity contribution is 4.96. The van der Waals surface area contributed by atoms with Gasteiger partial charge in [0.2, 0.25) is 0 Å². The third kappa shape index (κ3) is 3.78. The lowest BCUT2D eigenvalue weighted by Crippen LogP contribution is -2.31. The molecule has 0 saturated heterocycles. The van der Waals surface area contributed by atoms with Gasteiger partial charge < -0.3 is 5.32 Å². The lowest BCUT2D eigenvalue weighted by Gasteiger charge is -2.08. The molecule has 0 bridgehead atoms. The number of nitrogens with one attached hydrogen (secondary N) is 1. The van der Waals surface area contributed by atoms with Crippen molar-refractivity contribution in [1.82, 2.24) is 15.1 Å². The second-order valence-electron chi connectivity index (χ2n) is 2.99. The molecule has 1 aromatic heterocycles. The summed E-state index contributed by atoms with van der Waals surface area (Å²) in [5.41, 5.74) is 0.943. The maximum Gasteiger partial charge on any atom is 0.401 e. The predicted octanol–water partition coefficient (Wildman–Crippen LogP) is 1.34. The minimum Gasteiger partial charge on any atom is -0.307 e. The molecule has 1 heterocycles. The van der Waals surface area contributed by atoms with E-state index >= 15 is 0 Å². The summed E-state index contributed by atoms with van der Waals surface area (Å²) < 4.78 is 36.8. The molecule has 0 aromatic carbocycles. The lowest BCUT2D eigenvalue weighted by atomic mass is 10.5. The van der Waals surface area contributed by atoms with Gasteiger partial charge in [0.1, 0.15) is 0 Å². The van der Waals surface area contributed by atoms with E-state index in [2.05, 4.69) is 10.4 Å². The Balaban J connectivity index is 2.20. The lowest BCUT2D eigenvalue weighted by molar-refractivity contribution is -0.124. The van der Waals surface area contributed by atoms with Crippen molar-refractivity contribution in [1.29, 1.82) is 0 Å². The van der Waals surface area contributed by atoms with Crippen molar-refractivity contribution in [2.24, 2.45) is 0 Å². The van der Waals surface area contributed by atoms with Crippen LogP contribution in [-0.4, -0.2) is 29.0 Å². The van der Waals surface area contributed by atoms with Crippen LogP contribution in [-0.2, 0) is 6.54 Å². The average Bonchev–Trinajstić information content (AvgIpc) is 2.44. The molecular formula is C8H12F3N3. The maximum absolute atomic E-state index is 11.7. The van der Waals surface area contributed by atoms with Gasteiger partial charge in [0.05, 0.1) is 13.1 Å². The fraction of sp³-hybridized carbons (Fsp3) is 0.625. The van der Waals surface area contributed by atoms with Crippen LogP contribution in [0.25, 0.3) is 0 Å². The van der Waals surface area contributed by atoms with E-state index in [9.17, 15) is 13.2 Å². The second kappa shape index (κ2) is 4.45. The van der Waals surface area contributed by atoms with E-state index in [-0.39, 0.29) is 6.54 Å². The van der Waals surface area contributed by atoms with Gasteiger partial charge in [-0.25, -0.2) is 0 Å². The first-order valence-electron chi connectivity index (χ1n) is 4.25. The molecule has 0 aliphatic heterocycles. The summed E-state index contributed by atoms with van der Waals surface area (Å²) in [5, 5.41) is 6.25. The van der Waals surface area contributed by atoms with Crippen LogP contribution in [0.4, 0.5) is 13.2 Å². The van der Waals surface area contributed by atoms with Crippen LogP contribution in [0.5, 0.6) is 0 Å². The summed E-state index contributed by atoms with van der Waals surface area (Å²) in [4.78, 5) is 0. The second-order valence-corrected chi connectivity index (χ2v) is 2.99. The molecule has 0 unspecified atom stereocenters. The van der Waals surface area contributed by atoms with Crippen LogP contribution < -0.4 is 5.32 Å². The molecule has 0 radical (unpaired) electrons. The molecule has 0 atom stereocenters. The molecule has 0 saturated carbocycles. The number of nitrogens with zero attached hydrogens (tertiary/aromatic N) is 2. The topological polar surface area (TPSA) is 29.9 Å². The Bertz CT molecular complexity index is 280. The van der Waals surface area contributed by atoms with Crippen LogP contribution in [0.2, 0.25) is 0 Å². The van der Waals surface area contributed by atoms with E-state index in [4.69, 9.17) is 0 Å². The van der Waals surface area contributed by atoms with Gasteiger partial charge in [0.15, 0.2) is 0 Å². The number of aromatic nitrogens is 2. The van der Waals surface area contributed by atoms with Crippen molar-refractivity contribution in [2.75, 3.05) is 13.1 Å². The monoisotopic (exact) mass is 207 g/mol. The third-order valence-corrected chi connectivity index (χ3v) is 1.75. The van der Waals surface area contributed by atoms with E-state index < -0.39 is 12.7 Å². The van der Waals surface area contributed by atoms with Crippen molar-refractivity contribution in [3.63, 3.8) is 0 Å². The zero-order chi connectivity index (χ0) is 10.6. The number of aryl methyl sites for hydroxylation is 1. The van der Waals surface area contributed by atoms with Gasteiger partial charge in [-0.1, -0.05) is 0 Å². The Morgan fingerprint density at radius 3 is 2.71 bits per heavy atom. The standard InChI is InChI=1S/C8H12F3N3/c1-7-2-3-13-14(7)5-4-12-6-8(9,10)11/h2-3,12H,4-6H2,1H3. The number of hydrogen-bond donors (Lipinski definition) is 1. The molecule has 6 heteroatoms. The van der Waals surface area contributed by atoms with E-state index in [1.54, 1.807) is 10.9 Å². The molecule has 80 valence electrons. The van der Waals surface area contributed by atoms with Gasteiger partial charge in [-0.15, -0.1) is 0 Å². The Morgan fingerprint density at radius 1 is 1.50 bits per heavy atom. The van der Waals surface area contributed by atoms with E-state index in [0.717, 1.165) is 5.69 Å². The molecular weight excluding hydrogens is 195 g/mol. The summed E-state index contributed by atoms with van der Waals surface area (Å²) in [6, 6.07) is 1.81. The SMILES string of the molecule is Cc1ccnn1CCNCC(F)(F)F. The summed E-state index contributed by atoms with van der Waals surface area (Å²) in [6.07, 6.45) is -2.52. The fourth-order valence-electron chi connectivity index (χ4n) is 1.05. The van der Waals surface area contributed by atoms with Gasteiger partial charge in [-0.3, -0.25) is 4.68 Å². The molecule has 0 aliphatic rings. The predicted molar refractivity (Wildman–Crippen MR) is 45.9 cm³/mol. The summed E-state index contributed by atoms with van der Waals surface area (Å²) in [6.45, 7) is 1.63. The highest BCUT2D eigenvalue weighted by atomic mass is 19.4. The van der Waals surface area contributed by atoms with Crippen molar-refractivity contribution >= 4 is 0 Å². The Kier molecular flexibility index (Phi) is 3.51. The molecule has 0 fully saturated rings. The number of rotatable bonds is 4. The van der Waals surface area contributed by atoms with Gasteiger partial charge in [0, 0.05) is 18.4 Å². The van der Waals surface area contributed by atoms with Crippen LogP contribution >= 0.6 is 0 Å². The first kappa shape index (κ1) is 11.0. The van der Waals surface area contributed by atoms with E-state index in [1.807, 2.05) is 13.0 Å². The summed E-state index contributed by atoms with van der Waals surface area (Å²) in [7, 11) is 0. The van der Waals surface area contributed by atoms with Crippen molar-refractivity contribution < 1.29 is 13.2 Å². The summed E-state index contributed by atoms with van der Waals surface area (Å²) >= 11 is 0. The quantitative estimate of drug-likeness (QED) is 0.755. The maximum atomic E-state index is 11.7. The third-order valence-electron chi connectivity index (χ3n) is 1.75. The molecule has 0 amide bonds. The van der Waals surface area contributed by atoms with Crippen molar-refractivity contribution in [3.8, 4) is 0 Å². The largest absolute Gasteiger partial charge is 0.401 e. The fourth-order valence-corrected chi connectivity index (χ4v) is 1.05. The van der Waals surface area contributed by atoms with E-state index in [0.29, 0.717) is 6.54 Å². The first-order chi connectivity index (χ1) is 6.49. The molecule has 1 N–H and O–H groups in total. The Labute approximate surface area is 79.9 Å². The molecule has 0 spiro atoms. The van der Waals surface area contributed by atoms with Gasteiger partial charge in [0.25, 0.3) is 0 Å². The summed E-state index contributed by atoms with van der Waals surface area (Å²) in [5.74, 6) is 0. The highest BCUT2D eigenvalue weighted by Gasteiger charge is 2.25. The molecule has 14 heavy (non-hydrogen) atoms. The first-order valence-corrected chi connectivity index (χ1v) is 4.25. The van der Waals surface area contributed by atoms with Crippen LogP contribution in [0.15, 0.2) is 12.3 Å². The zero-order valence-electron chi connectivity index (χ0n) is 7.80. The minimum atomic E-state index is -4.14. The van der Waals surface area contributed by atoms with E-state index in [1.165, 1.54) is 0 Å². The number of hydrogen-bond acceptors (Lipinski definition) is 2. The highest BCUT2D eigenvalue weighted by Crippen LogP contribution is 2.11. The smallest absolute Gasteiger partial charge is 0.307 e. The normalized spacial score (nSPS) is 12.0. The Morgan fingerprint density at radius 2 is 2.21 bits per heavy atom. The molecule has 3 nitrogen and oxygen atoms in total. The number of halogens is 3. The van der Waals surface area contributed by atoms with Gasteiger partial charge in [-0.2, -0.15) is 18.3 Å². The molecule has 0 aliphatic carbocycles. The minimum absolute atomic E-state index is 0.266.